The Bertz CT molecular complexity index is 200. The highest BCUT2D eigenvalue weighted by molar-refractivity contribution is 5.68. The van der Waals surface area contributed by atoms with Crippen molar-refractivity contribution in [2.24, 2.45) is 5.92 Å². The Hall–Kier alpha value is -1.06. The van der Waals surface area contributed by atoms with Gasteiger partial charge in [-0.05, 0) is 19.3 Å². The van der Waals surface area contributed by atoms with Gasteiger partial charge in [-0.25, -0.2) is 0 Å². The smallest absolute Gasteiger partial charge is 0.303 e. The molecule has 14 heavy (non-hydrogen) atoms. The first-order valence-electron chi connectivity index (χ1n) is 4.98. The van der Waals surface area contributed by atoms with Crippen molar-refractivity contribution in [2.45, 2.75) is 45.1 Å². The van der Waals surface area contributed by atoms with Crippen LogP contribution in [-0.2, 0) is 14.3 Å². The predicted molar refractivity (Wildman–Crippen MR) is 49.8 cm³/mol. The van der Waals surface area contributed by atoms with E-state index in [2.05, 4.69) is 0 Å². The molecular formula is C10H16O4. The lowest BCUT2D eigenvalue weighted by Crippen LogP contribution is -2.30. The third kappa shape index (κ3) is 3.36. The van der Waals surface area contributed by atoms with E-state index in [1.807, 2.05) is 0 Å². The van der Waals surface area contributed by atoms with Crippen molar-refractivity contribution in [2.75, 3.05) is 0 Å². The summed E-state index contributed by atoms with van der Waals surface area (Å²) in [5.41, 5.74) is 0. The minimum atomic E-state index is -0.811. The molecule has 4 nitrogen and oxygen atoms in total. The lowest BCUT2D eigenvalue weighted by atomic mass is 9.84. The fourth-order valence-corrected chi connectivity index (χ4v) is 2.00. The highest BCUT2D eigenvalue weighted by atomic mass is 16.5. The molecule has 1 rings (SSSR count). The molecule has 2 atom stereocenters. The van der Waals surface area contributed by atoms with Crippen molar-refractivity contribution in [3.05, 3.63) is 0 Å². The van der Waals surface area contributed by atoms with Crippen LogP contribution in [0.1, 0.15) is 39.0 Å². The molecule has 1 saturated carbocycles. The zero-order valence-corrected chi connectivity index (χ0v) is 8.36. The Morgan fingerprint density at radius 3 is 2.57 bits per heavy atom. The van der Waals surface area contributed by atoms with Crippen molar-refractivity contribution in [3.8, 4) is 0 Å². The van der Waals surface area contributed by atoms with Crippen LogP contribution in [0.2, 0.25) is 0 Å². The average molecular weight is 200 g/mol. The topological polar surface area (TPSA) is 63.6 Å². The number of hydrogen-bond acceptors (Lipinski definition) is 3. The summed E-state index contributed by atoms with van der Waals surface area (Å²) in [6.07, 6.45) is 3.64. The van der Waals surface area contributed by atoms with Crippen LogP contribution in [0.3, 0.4) is 0 Å². The van der Waals surface area contributed by atoms with Crippen LogP contribution in [-0.4, -0.2) is 23.1 Å². The van der Waals surface area contributed by atoms with E-state index in [4.69, 9.17) is 9.84 Å². The molecular weight excluding hydrogens is 184 g/mol. The Morgan fingerprint density at radius 1 is 1.36 bits per heavy atom. The molecule has 0 aromatic rings. The second kappa shape index (κ2) is 4.98. The Labute approximate surface area is 83.2 Å². The molecule has 0 heterocycles. The van der Waals surface area contributed by atoms with Gasteiger partial charge in [-0.3, -0.25) is 9.59 Å². The zero-order chi connectivity index (χ0) is 10.6. The molecule has 1 aliphatic rings. The maximum Gasteiger partial charge on any atom is 0.303 e. The molecule has 0 aromatic carbocycles. The highest BCUT2D eigenvalue weighted by Crippen LogP contribution is 2.29. The summed E-state index contributed by atoms with van der Waals surface area (Å²) in [6.45, 7) is 1.37. The molecule has 0 spiro atoms. The molecule has 0 saturated heterocycles. The minimum absolute atomic E-state index is 0.00477. The number of carbonyl (C=O) groups excluding carboxylic acids is 1. The van der Waals surface area contributed by atoms with E-state index in [0.717, 1.165) is 25.7 Å². The largest absolute Gasteiger partial charge is 0.481 e. The lowest BCUT2D eigenvalue weighted by molar-refractivity contribution is -0.154. The second-order valence-electron chi connectivity index (χ2n) is 3.79. The van der Waals surface area contributed by atoms with E-state index in [1.165, 1.54) is 6.92 Å². The number of hydrogen-bond donors (Lipinski definition) is 1. The Balaban J connectivity index is 2.49. The van der Waals surface area contributed by atoms with E-state index in [-0.39, 0.29) is 24.4 Å². The van der Waals surface area contributed by atoms with E-state index in [1.54, 1.807) is 0 Å². The van der Waals surface area contributed by atoms with Gasteiger partial charge in [0.1, 0.15) is 6.10 Å². The van der Waals surface area contributed by atoms with Gasteiger partial charge < -0.3 is 9.84 Å². The summed E-state index contributed by atoms with van der Waals surface area (Å²) in [6, 6.07) is 0. The minimum Gasteiger partial charge on any atom is -0.481 e. The molecule has 0 aromatic heterocycles. The van der Waals surface area contributed by atoms with Gasteiger partial charge in [-0.15, -0.1) is 0 Å². The molecule has 2 unspecified atom stereocenters. The van der Waals surface area contributed by atoms with Crippen molar-refractivity contribution in [1.82, 2.24) is 0 Å². The van der Waals surface area contributed by atoms with E-state index in [0.29, 0.717) is 0 Å². The monoisotopic (exact) mass is 200 g/mol. The van der Waals surface area contributed by atoms with Crippen LogP contribution in [0.25, 0.3) is 0 Å². The van der Waals surface area contributed by atoms with Gasteiger partial charge in [0.15, 0.2) is 0 Å². The van der Waals surface area contributed by atoms with Crippen molar-refractivity contribution in [1.29, 1.82) is 0 Å². The van der Waals surface area contributed by atoms with Gasteiger partial charge in [0.05, 0.1) is 6.42 Å². The van der Waals surface area contributed by atoms with Gasteiger partial charge in [0.2, 0.25) is 0 Å². The van der Waals surface area contributed by atoms with Crippen LogP contribution in [0, 0.1) is 5.92 Å². The molecule has 0 radical (unpaired) electrons. The van der Waals surface area contributed by atoms with E-state index >= 15 is 0 Å². The van der Waals surface area contributed by atoms with Crippen molar-refractivity contribution < 1.29 is 19.4 Å². The van der Waals surface area contributed by atoms with Crippen molar-refractivity contribution in [3.63, 3.8) is 0 Å². The molecule has 0 aliphatic heterocycles. The maximum absolute atomic E-state index is 10.8. The van der Waals surface area contributed by atoms with Crippen LogP contribution >= 0.6 is 0 Å². The predicted octanol–water partition coefficient (Wildman–Crippen LogP) is 1.58. The van der Waals surface area contributed by atoms with Gasteiger partial charge in [-0.2, -0.15) is 0 Å². The summed E-state index contributed by atoms with van der Waals surface area (Å²) in [4.78, 5) is 21.3. The number of rotatable bonds is 3. The third-order valence-electron chi connectivity index (χ3n) is 2.59. The zero-order valence-electron chi connectivity index (χ0n) is 8.36. The summed E-state index contributed by atoms with van der Waals surface area (Å²) >= 11 is 0. The van der Waals surface area contributed by atoms with Gasteiger partial charge >= 0.3 is 11.9 Å². The first-order valence-corrected chi connectivity index (χ1v) is 4.98. The summed E-state index contributed by atoms with van der Waals surface area (Å²) in [7, 11) is 0. The van der Waals surface area contributed by atoms with Crippen LogP contribution in [0.4, 0.5) is 0 Å². The second-order valence-corrected chi connectivity index (χ2v) is 3.79. The average Bonchev–Trinajstić information content (AvgIpc) is 2.06. The highest BCUT2D eigenvalue weighted by Gasteiger charge is 2.29. The number of carboxylic acid groups (broad SMARTS) is 1. The van der Waals surface area contributed by atoms with Crippen molar-refractivity contribution >= 4 is 11.9 Å². The standard InChI is InChI=1S/C10H16O4/c1-7(11)14-9-5-3-2-4-8(9)6-10(12)13/h8-9H,2-6H2,1H3,(H,12,13). The summed E-state index contributed by atoms with van der Waals surface area (Å²) < 4.78 is 5.10. The molecule has 1 fully saturated rings. The molecule has 1 aliphatic carbocycles. The summed E-state index contributed by atoms with van der Waals surface area (Å²) in [5.74, 6) is -1.12. The Kier molecular flexibility index (Phi) is 3.92. The number of aliphatic carboxylic acids is 1. The van der Waals surface area contributed by atoms with E-state index in [9.17, 15) is 9.59 Å². The molecule has 4 heteroatoms. The first kappa shape index (κ1) is 11.0. The SMILES string of the molecule is CC(=O)OC1CCCCC1CC(=O)O. The van der Waals surface area contributed by atoms with Gasteiger partial charge in [0, 0.05) is 12.8 Å². The van der Waals surface area contributed by atoms with Crippen LogP contribution < -0.4 is 0 Å². The van der Waals surface area contributed by atoms with Gasteiger partial charge in [0.25, 0.3) is 0 Å². The molecule has 0 bridgehead atoms. The normalized spacial score (nSPS) is 26.9. The maximum atomic E-state index is 10.8. The number of ether oxygens (including phenoxy) is 1. The molecule has 1 N–H and O–H groups in total. The fourth-order valence-electron chi connectivity index (χ4n) is 2.00. The third-order valence-corrected chi connectivity index (χ3v) is 2.59. The molecule has 80 valence electrons. The fraction of sp³-hybridized carbons (Fsp3) is 0.800. The number of carbonyl (C=O) groups is 2. The van der Waals surface area contributed by atoms with Crippen LogP contribution in [0.15, 0.2) is 0 Å². The quantitative estimate of drug-likeness (QED) is 0.702. The van der Waals surface area contributed by atoms with Gasteiger partial charge in [-0.1, -0.05) is 6.42 Å². The number of carboxylic acids is 1. The molecule has 0 amide bonds. The van der Waals surface area contributed by atoms with Crippen LogP contribution in [0.5, 0.6) is 0 Å². The lowest BCUT2D eigenvalue weighted by Gasteiger charge is -2.29. The number of esters is 1. The Morgan fingerprint density at radius 2 is 2.00 bits per heavy atom. The first-order chi connectivity index (χ1) is 6.59. The van der Waals surface area contributed by atoms with E-state index < -0.39 is 5.97 Å². The summed E-state index contributed by atoms with van der Waals surface area (Å²) in [5, 5.41) is 8.68.